The smallest absolute Gasteiger partial charge is 0.255 e. The van der Waals surface area contributed by atoms with Crippen LogP contribution in [-0.2, 0) is 4.79 Å². The molecule has 0 aliphatic carbocycles. The van der Waals surface area contributed by atoms with E-state index in [4.69, 9.17) is 26.8 Å². The van der Waals surface area contributed by atoms with E-state index >= 15 is 0 Å². The highest BCUT2D eigenvalue weighted by Crippen LogP contribution is 2.27. The van der Waals surface area contributed by atoms with Gasteiger partial charge in [0.1, 0.15) is 0 Å². The lowest BCUT2D eigenvalue weighted by Crippen LogP contribution is -2.20. The van der Waals surface area contributed by atoms with E-state index < -0.39 is 5.91 Å². The van der Waals surface area contributed by atoms with E-state index in [0.717, 1.165) is 11.3 Å². The molecule has 0 atom stereocenters. The molecule has 0 bridgehead atoms. The minimum atomic E-state index is -0.552. The Labute approximate surface area is 138 Å². The fraction of sp³-hybridized carbons (Fsp3) is 0.125. The maximum Gasteiger partial charge on any atom is 0.255 e. The molecule has 120 valence electrons. The first kappa shape index (κ1) is 16.6. The Bertz CT molecular complexity index is 719. The minimum Gasteiger partial charge on any atom is -0.493 e. The highest BCUT2D eigenvalue weighted by Gasteiger charge is 2.06. The number of carbonyl (C=O) groups is 1. The average Bonchev–Trinajstić information content (AvgIpc) is 2.53. The molecule has 1 amide bonds. The van der Waals surface area contributed by atoms with Gasteiger partial charge in [0.15, 0.2) is 18.1 Å². The molecule has 0 aliphatic heterocycles. The van der Waals surface area contributed by atoms with E-state index in [1.54, 1.807) is 36.5 Å². The van der Waals surface area contributed by atoms with Crippen molar-refractivity contribution in [2.45, 2.75) is 0 Å². The fourth-order valence-electron chi connectivity index (χ4n) is 1.77. The molecule has 0 aliphatic rings. The van der Waals surface area contributed by atoms with Gasteiger partial charge in [0.05, 0.1) is 19.0 Å². The third-order valence-electron chi connectivity index (χ3n) is 2.79. The lowest BCUT2D eigenvalue weighted by Gasteiger charge is -2.09. The van der Waals surface area contributed by atoms with Gasteiger partial charge in [-0.2, -0.15) is 5.10 Å². The highest BCUT2D eigenvalue weighted by atomic mass is 35.5. The van der Waals surface area contributed by atoms with Crippen LogP contribution in [0.3, 0.4) is 0 Å². The van der Waals surface area contributed by atoms with Gasteiger partial charge < -0.3 is 15.2 Å². The third-order valence-corrected chi connectivity index (χ3v) is 3.02. The second-order valence-corrected chi connectivity index (χ2v) is 4.98. The summed E-state index contributed by atoms with van der Waals surface area (Å²) in [5.41, 5.74) is 9.50. The maximum absolute atomic E-state index is 10.8. The van der Waals surface area contributed by atoms with Crippen LogP contribution in [0.25, 0.3) is 0 Å². The molecule has 7 heteroatoms. The van der Waals surface area contributed by atoms with Crippen molar-refractivity contribution in [1.82, 2.24) is 0 Å². The van der Waals surface area contributed by atoms with E-state index in [2.05, 4.69) is 10.5 Å². The molecule has 6 nitrogen and oxygen atoms in total. The lowest BCUT2D eigenvalue weighted by molar-refractivity contribution is -0.119. The number of amides is 1. The van der Waals surface area contributed by atoms with Crippen molar-refractivity contribution in [1.29, 1.82) is 0 Å². The van der Waals surface area contributed by atoms with Gasteiger partial charge in [-0.15, -0.1) is 0 Å². The Kier molecular flexibility index (Phi) is 5.82. The number of hydrazone groups is 1. The van der Waals surface area contributed by atoms with Crippen LogP contribution >= 0.6 is 11.6 Å². The third kappa shape index (κ3) is 5.19. The molecule has 0 aromatic heterocycles. The molecule has 0 unspecified atom stereocenters. The molecular weight excluding hydrogens is 318 g/mol. The van der Waals surface area contributed by atoms with Crippen molar-refractivity contribution in [2.24, 2.45) is 10.8 Å². The summed E-state index contributed by atoms with van der Waals surface area (Å²) in [7, 11) is 1.51. The second-order valence-electron chi connectivity index (χ2n) is 4.55. The van der Waals surface area contributed by atoms with Crippen LogP contribution in [0.15, 0.2) is 47.6 Å². The van der Waals surface area contributed by atoms with E-state index in [9.17, 15) is 4.79 Å². The highest BCUT2D eigenvalue weighted by molar-refractivity contribution is 6.30. The summed E-state index contributed by atoms with van der Waals surface area (Å²) in [4.78, 5) is 10.8. The predicted octanol–water partition coefficient (Wildman–Crippen LogP) is 2.66. The summed E-state index contributed by atoms with van der Waals surface area (Å²) in [5, 5.41) is 4.76. The molecule has 0 heterocycles. The Morgan fingerprint density at radius 2 is 2.13 bits per heavy atom. The van der Waals surface area contributed by atoms with E-state index in [1.165, 1.54) is 7.11 Å². The van der Waals surface area contributed by atoms with Gasteiger partial charge in [-0.25, -0.2) is 0 Å². The van der Waals surface area contributed by atoms with Crippen LogP contribution in [0.4, 0.5) is 5.69 Å². The first-order valence-corrected chi connectivity index (χ1v) is 7.10. The zero-order chi connectivity index (χ0) is 16.7. The number of nitrogens with one attached hydrogen (secondary N) is 1. The van der Waals surface area contributed by atoms with Gasteiger partial charge in [0.25, 0.3) is 5.91 Å². The molecule has 0 saturated carbocycles. The molecule has 0 saturated heterocycles. The van der Waals surface area contributed by atoms with Gasteiger partial charge in [-0.05, 0) is 42.0 Å². The van der Waals surface area contributed by atoms with Crippen LogP contribution in [-0.4, -0.2) is 25.8 Å². The molecule has 2 aromatic rings. The Hall–Kier alpha value is -2.73. The van der Waals surface area contributed by atoms with Crippen LogP contribution < -0.4 is 20.6 Å². The monoisotopic (exact) mass is 333 g/mol. The predicted molar refractivity (Wildman–Crippen MR) is 90.4 cm³/mol. The number of anilines is 1. The van der Waals surface area contributed by atoms with Crippen molar-refractivity contribution in [3.63, 3.8) is 0 Å². The summed E-state index contributed by atoms with van der Waals surface area (Å²) < 4.78 is 10.5. The molecule has 2 aromatic carbocycles. The number of rotatable bonds is 7. The first-order chi connectivity index (χ1) is 11.1. The summed E-state index contributed by atoms with van der Waals surface area (Å²) in [6.45, 7) is -0.208. The van der Waals surface area contributed by atoms with Crippen molar-refractivity contribution in [3.8, 4) is 11.5 Å². The molecular formula is C16H16ClN3O3. The quantitative estimate of drug-likeness (QED) is 0.602. The lowest BCUT2D eigenvalue weighted by atomic mass is 10.2. The average molecular weight is 334 g/mol. The number of halogens is 1. The van der Waals surface area contributed by atoms with Gasteiger partial charge in [0.2, 0.25) is 0 Å². The normalized spacial score (nSPS) is 10.5. The fourth-order valence-corrected chi connectivity index (χ4v) is 1.96. The number of nitrogens with two attached hydrogens (primary N) is 1. The van der Waals surface area contributed by atoms with Crippen LogP contribution in [0.2, 0.25) is 5.02 Å². The number of benzene rings is 2. The number of methoxy groups -OCH3 is 1. The SMILES string of the molecule is COc1cc(/C=N\Nc2cccc(Cl)c2)ccc1OCC(N)=O. The Morgan fingerprint density at radius 3 is 2.83 bits per heavy atom. The first-order valence-electron chi connectivity index (χ1n) is 6.72. The van der Waals surface area contributed by atoms with E-state index in [-0.39, 0.29) is 6.61 Å². The molecule has 2 rings (SSSR count). The van der Waals surface area contributed by atoms with Gasteiger partial charge in [-0.3, -0.25) is 10.2 Å². The van der Waals surface area contributed by atoms with Crippen molar-refractivity contribution < 1.29 is 14.3 Å². The van der Waals surface area contributed by atoms with Crippen molar-refractivity contribution in [2.75, 3.05) is 19.1 Å². The summed E-state index contributed by atoms with van der Waals surface area (Å²) in [6.07, 6.45) is 1.63. The van der Waals surface area contributed by atoms with Crippen LogP contribution in [0.5, 0.6) is 11.5 Å². The molecule has 0 spiro atoms. The standard InChI is InChI=1S/C16H16ClN3O3/c1-22-15-7-11(5-6-14(15)23-10-16(18)21)9-19-20-13-4-2-3-12(17)8-13/h2-9,20H,10H2,1H3,(H2,18,21)/b19-9-. The second kappa shape index (κ2) is 8.05. The Balaban J connectivity index is 2.05. The number of hydrogen-bond donors (Lipinski definition) is 2. The number of hydrogen-bond acceptors (Lipinski definition) is 5. The summed E-state index contributed by atoms with van der Waals surface area (Å²) in [6, 6.07) is 12.4. The molecule has 0 fully saturated rings. The Morgan fingerprint density at radius 1 is 1.30 bits per heavy atom. The zero-order valence-corrected chi connectivity index (χ0v) is 13.2. The van der Waals surface area contributed by atoms with Gasteiger partial charge >= 0.3 is 0 Å². The topological polar surface area (TPSA) is 85.9 Å². The summed E-state index contributed by atoms with van der Waals surface area (Å²) in [5.74, 6) is 0.368. The molecule has 23 heavy (non-hydrogen) atoms. The van der Waals surface area contributed by atoms with Crippen LogP contribution in [0.1, 0.15) is 5.56 Å². The molecule has 0 radical (unpaired) electrons. The van der Waals surface area contributed by atoms with Gasteiger partial charge in [0, 0.05) is 5.02 Å². The zero-order valence-electron chi connectivity index (χ0n) is 12.5. The van der Waals surface area contributed by atoms with E-state index in [1.807, 2.05) is 12.1 Å². The molecule has 3 N–H and O–H groups in total. The summed E-state index contributed by atoms with van der Waals surface area (Å²) >= 11 is 5.89. The van der Waals surface area contributed by atoms with Gasteiger partial charge in [-0.1, -0.05) is 17.7 Å². The van der Waals surface area contributed by atoms with Crippen LogP contribution in [0, 0.1) is 0 Å². The number of ether oxygens (including phenoxy) is 2. The number of carbonyl (C=O) groups excluding carboxylic acids is 1. The number of nitrogens with zero attached hydrogens (tertiary/aromatic N) is 1. The van der Waals surface area contributed by atoms with Crippen molar-refractivity contribution >= 4 is 29.4 Å². The van der Waals surface area contributed by atoms with E-state index in [0.29, 0.717) is 16.5 Å². The number of primary amides is 1. The van der Waals surface area contributed by atoms with Crippen molar-refractivity contribution in [3.05, 3.63) is 53.1 Å². The minimum absolute atomic E-state index is 0.208. The largest absolute Gasteiger partial charge is 0.493 e. The maximum atomic E-state index is 10.8.